The van der Waals surface area contributed by atoms with Crippen molar-refractivity contribution < 1.29 is 17.9 Å². The summed E-state index contributed by atoms with van der Waals surface area (Å²) in [5.74, 6) is 0.258. The zero-order valence-corrected chi connectivity index (χ0v) is 17.8. The fraction of sp³-hybridized carbons (Fsp3) is 0.316. The van der Waals surface area contributed by atoms with E-state index in [-0.39, 0.29) is 15.8 Å². The number of nitrogens with zero attached hydrogens (tertiary/aromatic N) is 2. The van der Waals surface area contributed by atoms with Gasteiger partial charge in [0.15, 0.2) is 0 Å². The molecular weight excluding hydrogens is 402 g/mol. The average molecular weight is 426 g/mol. The van der Waals surface area contributed by atoms with Crippen molar-refractivity contribution in [2.75, 3.05) is 45.6 Å². The largest absolute Gasteiger partial charge is 0.497 e. The van der Waals surface area contributed by atoms with E-state index >= 15 is 0 Å². The van der Waals surface area contributed by atoms with E-state index in [1.54, 1.807) is 18.2 Å². The number of sulfonamides is 1. The van der Waals surface area contributed by atoms with E-state index in [1.165, 1.54) is 38.4 Å². The van der Waals surface area contributed by atoms with Gasteiger partial charge in [0.25, 0.3) is 15.9 Å². The van der Waals surface area contributed by atoms with Gasteiger partial charge in [0.05, 0.1) is 28.3 Å². The average Bonchev–Trinajstić information content (AvgIpc) is 2.66. The molecule has 7 nitrogen and oxygen atoms in total. The Labute approximate surface area is 170 Å². The van der Waals surface area contributed by atoms with Gasteiger partial charge in [-0.25, -0.2) is 8.42 Å². The molecule has 0 saturated carbocycles. The van der Waals surface area contributed by atoms with Crippen molar-refractivity contribution in [2.24, 2.45) is 0 Å². The predicted octanol–water partition coefficient (Wildman–Crippen LogP) is 2.47. The number of methoxy groups -OCH3 is 1. The van der Waals surface area contributed by atoms with E-state index < -0.39 is 10.0 Å². The third kappa shape index (κ3) is 5.15. The number of hydrogen-bond donors (Lipinski definition) is 1. The second kappa shape index (κ2) is 9.27. The Hall–Kier alpha value is -2.29. The number of likely N-dealkylation sites (N-methyl/N-ethyl adjacent to an activating group) is 1. The molecule has 0 atom stereocenters. The van der Waals surface area contributed by atoms with Crippen LogP contribution in [0.15, 0.2) is 47.4 Å². The topological polar surface area (TPSA) is 79.0 Å². The van der Waals surface area contributed by atoms with Crippen LogP contribution in [0, 0.1) is 0 Å². The van der Waals surface area contributed by atoms with Gasteiger partial charge in [-0.05, 0) is 56.6 Å². The fourth-order valence-electron chi connectivity index (χ4n) is 2.42. The van der Waals surface area contributed by atoms with Crippen LogP contribution in [0.25, 0.3) is 0 Å². The molecule has 2 rings (SSSR count). The van der Waals surface area contributed by atoms with Gasteiger partial charge in [0.2, 0.25) is 0 Å². The minimum Gasteiger partial charge on any atom is -0.497 e. The van der Waals surface area contributed by atoms with E-state index in [4.69, 9.17) is 16.3 Å². The molecule has 0 fully saturated rings. The van der Waals surface area contributed by atoms with Crippen molar-refractivity contribution in [1.29, 1.82) is 0 Å². The first-order valence-electron chi connectivity index (χ1n) is 8.52. The van der Waals surface area contributed by atoms with Crippen molar-refractivity contribution in [2.45, 2.75) is 4.90 Å². The van der Waals surface area contributed by atoms with E-state index in [2.05, 4.69) is 5.32 Å². The normalized spacial score (nSPS) is 11.4. The third-order valence-electron chi connectivity index (χ3n) is 4.12. The summed E-state index contributed by atoms with van der Waals surface area (Å²) in [6, 6.07) is 10.6. The molecule has 28 heavy (non-hydrogen) atoms. The first kappa shape index (κ1) is 22.0. The van der Waals surface area contributed by atoms with Crippen LogP contribution in [0.4, 0.5) is 5.69 Å². The summed E-state index contributed by atoms with van der Waals surface area (Å²) < 4.78 is 31.8. The lowest BCUT2D eigenvalue weighted by atomic mass is 10.2. The van der Waals surface area contributed by atoms with E-state index in [0.29, 0.717) is 30.1 Å². The van der Waals surface area contributed by atoms with Crippen LogP contribution in [0.3, 0.4) is 0 Å². The van der Waals surface area contributed by atoms with Gasteiger partial charge >= 0.3 is 0 Å². The number of halogens is 1. The first-order valence-corrected chi connectivity index (χ1v) is 10.3. The number of hydrogen-bond acceptors (Lipinski definition) is 5. The molecule has 0 spiro atoms. The molecule has 2 aromatic carbocycles. The molecular formula is C19H24ClN3O4S. The molecule has 152 valence electrons. The number of carbonyl (C=O) groups is 1. The summed E-state index contributed by atoms with van der Waals surface area (Å²) in [7, 11) is 2.98. The number of benzene rings is 2. The predicted molar refractivity (Wildman–Crippen MR) is 111 cm³/mol. The van der Waals surface area contributed by atoms with Crippen molar-refractivity contribution in [3.63, 3.8) is 0 Å². The molecule has 1 N–H and O–H groups in total. The summed E-state index contributed by atoms with van der Waals surface area (Å²) in [5, 5.41) is 2.96. The van der Waals surface area contributed by atoms with E-state index in [0.717, 1.165) is 4.31 Å². The summed E-state index contributed by atoms with van der Waals surface area (Å²) in [5.41, 5.74) is 0.644. The molecule has 0 unspecified atom stereocenters. The molecule has 0 bridgehead atoms. The van der Waals surface area contributed by atoms with Crippen LogP contribution in [0.1, 0.15) is 10.4 Å². The molecule has 0 aliphatic rings. The van der Waals surface area contributed by atoms with Gasteiger partial charge in [0, 0.05) is 20.1 Å². The molecule has 0 saturated heterocycles. The lowest BCUT2D eigenvalue weighted by Gasteiger charge is -2.20. The van der Waals surface area contributed by atoms with Gasteiger partial charge in [-0.2, -0.15) is 0 Å². The number of carbonyl (C=O) groups excluding carboxylic acids is 1. The zero-order chi connectivity index (χ0) is 20.9. The first-order chi connectivity index (χ1) is 13.2. The van der Waals surface area contributed by atoms with Crippen LogP contribution >= 0.6 is 11.6 Å². The maximum Gasteiger partial charge on any atom is 0.264 e. The van der Waals surface area contributed by atoms with Crippen LogP contribution in [-0.4, -0.2) is 60.6 Å². The monoisotopic (exact) mass is 425 g/mol. The molecule has 0 aliphatic heterocycles. The SMILES string of the molecule is COc1ccc(S(=O)(=O)N(C)c2ccc(C(=O)NCCN(C)C)c(Cl)c2)cc1. The van der Waals surface area contributed by atoms with Crippen molar-refractivity contribution in [1.82, 2.24) is 10.2 Å². The van der Waals surface area contributed by atoms with Crippen molar-refractivity contribution in [3.8, 4) is 5.75 Å². The van der Waals surface area contributed by atoms with Gasteiger partial charge < -0.3 is 15.0 Å². The van der Waals surface area contributed by atoms with Gasteiger partial charge in [-0.1, -0.05) is 11.6 Å². The summed E-state index contributed by atoms with van der Waals surface area (Å²) in [6.07, 6.45) is 0. The third-order valence-corrected chi connectivity index (χ3v) is 6.24. The number of ether oxygens (including phenoxy) is 1. The molecule has 1 amide bonds. The maximum absolute atomic E-state index is 12.8. The standard InChI is InChI=1S/C19H24ClN3O4S/c1-22(2)12-11-21-19(24)17-10-5-14(13-18(17)20)23(3)28(25,26)16-8-6-15(27-4)7-9-16/h5-10,13H,11-12H2,1-4H3,(H,21,24). The summed E-state index contributed by atoms with van der Waals surface area (Å²) in [4.78, 5) is 14.3. The number of amides is 1. The molecule has 0 aromatic heterocycles. The molecule has 2 aromatic rings. The van der Waals surface area contributed by atoms with Crippen LogP contribution < -0.4 is 14.4 Å². The number of nitrogens with one attached hydrogen (secondary N) is 1. The highest BCUT2D eigenvalue weighted by Crippen LogP contribution is 2.27. The van der Waals surface area contributed by atoms with Gasteiger partial charge in [0.1, 0.15) is 5.75 Å². The summed E-state index contributed by atoms with van der Waals surface area (Å²) >= 11 is 6.24. The minimum atomic E-state index is -3.78. The lowest BCUT2D eigenvalue weighted by Crippen LogP contribution is -2.31. The molecule has 9 heteroatoms. The Morgan fingerprint density at radius 3 is 2.29 bits per heavy atom. The lowest BCUT2D eigenvalue weighted by molar-refractivity contribution is 0.0951. The fourth-order valence-corrected chi connectivity index (χ4v) is 3.86. The van der Waals surface area contributed by atoms with E-state index in [9.17, 15) is 13.2 Å². The Balaban J connectivity index is 2.20. The van der Waals surface area contributed by atoms with Gasteiger partial charge in [-0.3, -0.25) is 9.10 Å². The van der Waals surface area contributed by atoms with Gasteiger partial charge in [-0.15, -0.1) is 0 Å². The number of rotatable bonds is 8. The second-order valence-electron chi connectivity index (χ2n) is 6.37. The van der Waals surface area contributed by atoms with E-state index in [1.807, 2.05) is 19.0 Å². The quantitative estimate of drug-likeness (QED) is 0.702. The highest BCUT2D eigenvalue weighted by molar-refractivity contribution is 7.92. The summed E-state index contributed by atoms with van der Waals surface area (Å²) in [6.45, 7) is 1.18. The smallest absolute Gasteiger partial charge is 0.264 e. The highest BCUT2D eigenvalue weighted by atomic mass is 35.5. The highest BCUT2D eigenvalue weighted by Gasteiger charge is 2.22. The Bertz CT molecular complexity index is 931. The zero-order valence-electron chi connectivity index (χ0n) is 16.3. The Morgan fingerprint density at radius 1 is 1.11 bits per heavy atom. The molecule has 0 heterocycles. The second-order valence-corrected chi connectivity index (χ2v) is 8.75. The minimum absolute atomic E-state index is 0.123. The molecule has 0 radical (unpaired) electrons. The van der Waals surface area contributed by atoms with Crippen LogP contribution in [0.2, 0.25) is 5.02 Å². The Morgan fingerprint density at radius 2 is 1.75 bits per heavy atom. The maximum atomic E-state index is 12.8. The van der Waals surface area contributed by atoms with Crippen LogP contribution in [0.5, 0.6) is 5.75 Å². The number of anilines is 1. The van der Waals surface area contributed by atoms with Crippen molar-refractivity contribution >= 4 is 33.2 Å². The molecule has 0 aliphatic carbocycles. The Kier molecular flexibility index (Phi) is 7.29. The van der Waals surface area contributed by atoms with Crippen molar-refractivity contribution in [3.05, 3.63) is 53.1 Å². The van der Waals surface area contributed by atoms with Crippen LogP contribution in [-0.2, 0) is 10.0 Å².